The molecule has 0 spiro atoms. The van der Waals surface area contributed by atoms with Gasteiger partial charge in [-0.15, -0.1) is 0 Å². The largest absolute Gasteiger partial charge is 0.491 e. The van der Waals surface area contributed by atoms with Gasteiger partial charge in [0, 0.05) is 11.9 Å². The molecule has 2 rings (SSSR count). The molecule has 2 aromatic rings. The molecule has 0 saturated heterocycles. The highest BCUT2D eigenvalue weighted by atomic mass is 16.5. The van der Waals surface area contributed by atoms with E-state index in [1.807, 2.05) is 39.8 Å². The topological polar surface area (TPSA) is 69.6 Å². The van der Waals surface area contributed by atoms with Crippen molar-refractivity contribution < 1.29 is 19.1 Å². The Morgan fingerprint density at radius 3 is 2.36 bits per heavy atom. The Morgan fingerprint density at radius 2 is 1.76 bits per heavy atom. The second kappa shape index (κ2) is 8.05. The van der Waals surface area contributed by atoms with Crippen molar-refractivity contribution in [2.45, 2.75) is 41.0 Å². The molecule has 0 unspecified atom stereocenters. The van der Waals surface area contributed by atoms with Crippen LogP contribution in [0.25, 0.3) is 10.9 Å². The monoisotopic (exact) mass is 346 g/mol. The summed E-state index contributed by atoms with van der Waals surface area (Å²) in [5.74, 6) is 0.0914. The number of aromatic nitrogens is 1. The Morgan fingerprint density at radius 1 is 1.08 bits per heavy atom. The maximum Gasteiger partial charge on any atom is 0.419 e. The number of hydrogen-bond donors (Lipinski definition) is 1. The normalized spacial score (nSPS) is 10.8. The maximum absolute atomic E-state index is 12.8. The minimum atomic E-state index is -0.575. The van der Waals surface area contributed by atoms with Gasteiger partial charge in [-0.05, 0) is 45.2 Å². The Kier molecular flexibility index (Phi) is 6.07. The first-order chi connectivity index (χ1) is 12.0. The number of nitrogens with one attached hydrogen (secondary N) is 1. The number of ether oxygens (including phenoxy) is 2. The van der Waals surface area contributed by atoms with Crippen LogP contribution in [-0.2, 0) is 4.74 Å². The molecule has 1 amide bonds. The van der Waals surface area contributed by atoms with E-state index in [0.29, 0.717) is 24.4 Å². The number of benzene rings is 1. The van der Waals surface area contributed by atoms with Gasteiger partial charge in [0.05, 0.1) is 18.7 Å². The van der Waals surface area contributed by atoms with Crippen LogP contribution in [0.3, 0.4) is 0 Å². The maximum atomic E-state index is 12.8. The minimum absolute atomic E-state index is 0.196. The van der Waals surface area contributed by atoms with Gasteiger partial charge in [-0.1, -0.05) is 19.1 Å². The zero-order chi connectivity index (χ0) is 18.6. The fourth-order valence-corrected chi connectivity index (χ4v) is 2.89. The number of hydrogen-bond acceptors (Lipinski definition) is 4. The lowest BCUT2D eigenvalue weighted by molar-refractivity contribution is 0.0935. The first-order valence-corrected chi connectivity index (χ1v) is 8.70. The molecule has 0 atom stereocenters. The number of aryl methyl sites for hydroxylation is 2. The van der Waals surface area contributed by atoms with Crippen molar-refractivity contribution in [3.05, 3.63) is 29.0 Å². The Bertz CT molecular complexity index is 793. The molecule has 0 radical (unpaired) electrons. The van der Waals surface area contributed by atoms with Crippen molar-refractivity contribution in [1.82, 2.24) is 9.88 Å². The van der Waals surface area contributed by atoms with Crippen molar-refractivity contribution in [2.75, 3.05) is 19.8 Å². The minimum Gasteiger partial charge on any atom is -0.491 e. The van der Waals surface area contributed by atoms with Crippen LogP contribution >= 0.6 is 0 Å². The molecular weight excluding hydrogens is 320 g/mol. The van der Waals surface area contributed by atoms with Crippen LogP contribution in [0.5, 0.6) is 5.75 Å². The van der Waals surface area contributed by atoms with Gasteiger partial charge in [0.15, 0.2) is 11.4 Å². The summed E-state index contributed by atoms with van der Waals surface area (Å²) in [6.45, 7) is 10.5. The fraction of sp³-hybridized carbons (Fsp3) is 0.474. The molecule has 0 aliphatic rings. The Labute approximate surface area is 148 Å². The van der Waals surface area contributed by atoms with Crippen LogP contribution in [0.4, 0.5) is 4.79 Å². The molecule has 1 heterocycles. The summed E-state index contributed by atoms with van der Waals surface area (Å²) >= 11 is 0. The van der Waals surface area contributed by atoms with Crippen LogP contribution in [0.2, 0.25) is 0 Å². The smallest absolute Gasteiger partial charge is 0.419 e. The van der Waals surface area contributed by atoms with Gasteiger partial charge >= 0.3 is 6.09 Å². The van der Waals surface area contributed by atoms with E-state index in [4.69, 9.17) is 9.47 Å². The van der Waals surface area contributed by atoms with E-state index in [9.17, 15) is 9.59 Å². The molecule has 1 N–H and O–H groups in total. The molecule has 0 aliphatic heterocycles. The molecule has 0 saturated carbocycles. The third kappa shape index (κ3) is 3.48. The number of rotatable bonds is 6. The summed E-state index contributed by atoms with van der Waals surface area (Å²) < 4.78 is 12.4. The highest BCUT2D eigenvalue weighted by Gasteiger charge is 2.29. The SMILES string of the molecule is CCCNC(=O)c1c(OCC)c2c(C)ccc(C)c2n1C(=O)OCC. The Hall–Kier alpha value is -2.50. The van der Waals surface area contributed by atoms with Gasteiger partial charge in [-0.25, -0.2) is 9.36 Å². The van der Waals surface area contributed by atoms with E-state index >= 15 is 0 Å². The van der Waals surface area contributed by atoms with Crippen LogP contribution < -0.4 is 10.1 Å². The molecule has 6 heteroatoms. The Balaban J connectivity index is 2.85. The fourth-order valence-electron chi connectivity index (χ4n) is 2.89. The molecule has 1 aromatic carbocycles. The molecule has 6 nitrogen and oxygen atoms in total. The van der Waals surface area contributed by atoms with E-state index in [-0.39, 0.29) is 18.2 Å². The van der Waals surface area contributed by atoms with E-state index in [1.54, 1.807) is 6.92 Å². The van der Waals surface area contributed by atoms with Gasteiger partial charge in [0.25, 0.3) is 5.91 Å². The lowest BCUT2D eigenvalue weighted by atomic mass is 10.1. The van der Waals surface area contributed by atoms with E-state index in [0.717, 1.165) is 22.9 Å². The predicted molar refractivity (Wildman–Crippen MR) is 97.6 cm³/mol. The van der Waals surface area contributed by atoms with Crippen LogP contribution in [0.15, 0.2) is 12.1 Å². The summed E-state index contributed by atoms with van der Waals surface area (Å²) in [4.78, 5) is 25.4. The van der Waals surface area contributed by atoms with Gasteiger partial charge in [-0.3, -0.25) is 4.79 Å². The molecule has 136 valence electrons. The van der Waals surface area contributed by atoms with Crippen molar-refractivity contribution in [3.8, 4) is 5.75 Å². The second-order valence-corrected chi connectivity index (χ2v) is 5.82. The third-order valence-corrected chi connectivity index (χ3v) is 3.97. The van der Waals surface area contributed by atoms with Crippen molar-refractivity contribution >= 4 is 22.9 Å². The van der Waals surface area contributed by atoms with Gasteiger partial charge in [0.2, 0.25) is 0 Å². The lowest BCUT2D eigenvalue weighted by Gasteiger charge is -2.11. The van der Waals surface area contributed by atoms with Crippen molar-refractivity contribution in [3.63, 3.8) is 0 Å². The quantitative estimate of drug-likeness (QED) is 0.864. The zero-order valence-electron chi connectivity index (χ0n) is 15.6. The summed E-state index contributed by atoms with van der Waals surface area (Å²) in [5.41, 5.74) is 2.67. The summed E-state index contributed by atoms with van der Waals surface area (Å²) in [7, 11) is 0. The summed E-state index contributed by atoms with van der Waals surface area (Å²) in [6.07, 6.45) is 0.224. The van der Waals surface area contributed by atoms with Crippen LogP contribution in [-0.4, -0.2) is 36.3 Å². The first-order valence-electron chi connectivity index (χ1n) is 8.70. The number of carbonyl (C=O) groups excluding carboxylic acids is 2. The number of amides is 1. The van der Waals surface area contributed by atoms with Gasteiger partial charge in [-0.2, -0.15) is 0 Å². The number of fused-ring (bicyclic) bond motifs is 1. The second-order valence-electron chi connectivity index (χ2n) is 5.82. The standard InChI is InChI=1S/C19H26N2O4/c1-6-11-20-18(22)16-17(24-7-2)14-12(4)9-10-13(5)15(14)21(16)19(23)25-8-3/h9-10H,6-8,11H2,1-5H3,(H,20,22). The average Bonchev–Trinajstić information content (AvgIpc) is 2.93. The molecule has 0 aliphatic carbocycles. The van der Waals surface area contributed by atoms with Crippen molar-refractivity contribution in [1.29, 1.82) is 0 Å². The number of nitrogens with zero attached hydrogens (tertiary/aromatic N) is 1. The van der Waals surface area contributed by atoms with Crippen LogP contribution in [0.1, 0.15) is 48.8 Å². The zero-order valence-corrected chi connectivity index (χ0v) is 15.6. The number of carbonyl (C=O) groups is 2. The average molecular weight is 346 g/mol. The third-order valence-electron chi connectivity index (χ3n) is 3.97. The summed E-state index contributed by atoms with van der Waals surface area (Å²) in [6, 6.07) is 3.89. The molecule has 0 fully saturated rings. The van der Waals surface area contributed by atoms with Crippen LogP contribution in [0, 0.1) is 13.8 Å². The first kappa shape index (κ1) is 18.8. The molecule has 0 bridgehead atoms. The van der Waals surface area contributed by atoms with E-state index in [2.05, 4.69) is 5.32 Å². The predicted octanol–water partition coefficient (Wildman–Crippen LogP) is 3.80. The van der Waals surface area contributed by atoms with E-state index < -0.39 is 6.09 Å². The van der Waals surface area contributed by atoms with Gasteiger partial charge < -0.3 is 14.8 Å². The summed E-state index contributed by atoms with van der Waals surface area (Å²) in [5, 5.41) is 3.61. The van der Waals surface area contributed by atoms with Crippen molar-refractivity contribution in [2.24, 2.45) is 0 Å². The lowest BCUT2D eigenvalue weighted by Crippen LogP contribution is -2.29. The highest BCUT2D eigenvalue weighted by molar-refractivity contribution is 6.10. The van der Waals surface area contributed by atoms with E-state index in [1.165, 1.54) is 4.57 Å². The highest BCUT2D eigenvalue weighted by Crippen LogP contribution is 2.37. The molecular formula is C19H26N2O4. The molecule has 1 aromatic heterocycles. The van der Waals surface area contributed by atoms with Gasteiger partial charge in [0.1, 0.15) is 0 Å². The molecule has 25 heavy (non-hydrogen) atoms.